The highest BCUT2D eigenvalue weighted by molar-refractivity contribution is 5.83. The molecule has 0 aliphatic carbocycles. The molecule has 3 aliphatic rings. The Morgan fingerprint density at radius 2 is 2.04 bits per heavy atom. The van der Waals surface area contributed by atoms with E-state index in [4.69, 9.17) is 0 Å². The first kappa shape index (κ1) is 15.9. The molecule has 5 rings (SSSR count). The van der Waals surface area contributed by atoms with E-state index in [9.17, 15) is 4.79 Å². The van der Waals surface area contributed by atoms with E-state index in [1.165, 1.54) is 4.63 Å². The van der Waals surface area contributed by atoms with Crippen molar-refractivity contribution in [3.8, 4) is 0 Å². The van der Waals surface area contributed by atoms with Crippen molar-refractivity contribution in [3.05, 3.63) is 12.1 Å². The highest BCUT2D eigenvalue weighted by Gasteiger charge is 2.47. The summed E-state index contributed by atoms with van der Waals surface area (Å²) in [6, 6.07) is 3.94. The zero-order chi connectivity index (χ0) is 17.6. The molecule has 0 saturated carbocycles. The lowest BCUT2D eigenvalue weighted by molar-refractivity contribution is -0.147. The minimum atomic E-state index is -0.130. The number of amides is 1. The van der Waals surface area contributed by atoms with Gasteiger partial charge >= 0.3 is 0 Å². The molecule has 3 aliphatic heterocycles. The van der Waals surface area contributed by atoms with Crippen molar-refractivity contribution in [2.75, 3.05) is 38.0 Å². The van der Waals surface area contributed by atoms with Gasteiger partial charge in [-0.05, 0) is 67.8 Å². The average molecular weight is 356 g/mol. The van der Waals surface area contributed by atoms with Gasteiger partial charge in [-0.25, -0.2) is 0 Å². The number of aromatic nitrogens is 5. The number of hydrogen-bond acceptors (Lipinski definition) is 7. The Kier molecular flexibility index (Phi) is 3.77. The van der Waals surface area contributed by atoms with Crippen molar-refractivity contribution in [1.82, 2.24) is 35.1 Å². The largest absolute Gasteiger partial charge is 0.364 e. The molecular weight excluding hydrogens is 332 g/mol. The zero-order valence-corrected chi connectivity index (χ0v) is 14.8. The predicted octanol–water partition coefficient (Wildman–Crippen LogP) is 0.408. The maximum Gasteiger partial charge on any atom is 0.230 e. The molecule has 5 heterocycles. The Morgan fingerprint density at radius 3 is 2.88 bits per heavy atom. The van der Waals surface area contributed by atoms with Gasteiger partial charge in [-0.3, -0.25) is 4.79 Å². The molecule has 2 aromatic rings. The summed E-state index contributed by atoms with van der Waals surface area (Å²) < 4.78 is 1.41. The molecule has 2 bridgehead atoms. The van der Waals surface area contributed by atoms with Gasteiger partial charge in [0.2, 0.25) is 5.91 Å². The van der Waals surface area contributed by atoms with Crippen LogP contribution in [-0.4, -0.2) is 79.7 Å². The molecule has 1 unspecified atom stereocenters. The fourth-order valence-electron chi connectivity index (χ4n) is 4.88. The fraction of sp³-hybridized carbons (Fsp3) is 0.706. The number of nitrogens with zero attached hydrogens (tertiary/aromatic N) is 7. The molecular formula is C17H24N8O. The van der Waals surface area contributed by atoms with Crippen LogP contribution in [0.5, 0.6) is 0 Å². The van der Waals surface area contributed by atoms with Gasteiger partial charge in [0.05, 0.1) is 5.41 Å². The lowest BCUT2D eigenvalue weighted by atomic mass is 9.72. The second-order valence-electron chi connectivity index (χ2n) is 7.89. The van der Waals surface area contributed by atoms with E-state index in [-0.39, 0.29) is 11.5 Å². The number of carbonyl (C=O) groups excluding carboxylic acids is 1. The van der Waals surface area contributed by atoms with Crippen LogP contribution >= 0.6 is 0 Å². The first-order valence-electron chi connectivity index (χ1n) is 9.56. The summed E-state index contributed by atoms with van der Waals surface area (Å²) in [5, 5.41) is 19.1. The van der Waals surface area contributed by atoms with Crippen LogP contribution in [-0.2, 0) is 4.79 Å². The van der Waals surface area contributed by atoms with E-state index in [1.807, 2.05) is 12.1 Å². The third-order valence-corrected chi connectivity index (χ3v) is 6.14. The lowest BCUT2D eigenvalue weighted by Gasteiger charge is -2.47. The van der Waals surface area contributed by atoms with Crippen LogP contribution in [0.2, 0.25) is 0 Å². The Morgan fingerprint density at radius 1 is 1.19 bits per heavy atom. The van der Waals surface area contributed by atoms with Gasteiger partial charge in [-0.2, -0.15) is 0 Å². The van der Waals surface area contributed by atoms with Gasteiger partial charge in [-0.1, -0.05) is 0 Å². The average Bonchev–Trinajstić information content (AvgIpc) is 3.30. The zero-order valence-electron chi connectivity index (χ0n) is 14.8. The molecule has 1 amide bonds. The summed E-state index contributed by atoms with van der Waals surface area (Å²) in [7, 11) is 0. The molecule has 0 radical (unpaired) electrons. The van der Waals surface area contributed by atoms with Gasteiger partial charge in [0.1, 0.15) is 5.82 Å². The molecule has 0 spiro atoms. The van der Waals surface area contributed by atoms with Crippen molar-refractivity contribution >= 4 is 17.4 Å². The summed E-state index contributed by atoms with van der Waals surface area (Å²) >= 11 is 0. The highest BCUT2D eigenvalue weighted by Crippen LogP contribution is 2.40. The van der Waals surface area contributed by atoms with Gasteiger partial charge in [-0.15, -0.1) is 14.8 Å². The van der Waals surface area contributed by atoms with Crippen molar-refractivity contribution in [2.45, 2.75) is 38.1 Å². The summed E-state index contributed by atoms with van der Waals surface area (Å²) in [5.74, 6) is 1.11. The number of fused-ring (bicyclic) bond motifs is 3. The summed E-state index contributed by atoms with van der Waals surface area (Å²) in [6.45, 7) is 4.84. The van der Waals surface area contributed by atoms with Crippen LogP contribution in [0.25, 0.3) is 5.65 Å². The number of carbonyl (C=O) groups is 1. The lowest BCUT2D eigenvalue weighted by Crippen LogP contribution is -2.55. The molecule has 0 aromatic carbocycles. The smallest absolute Gasteiger partial charge is 0.230 e. The van der Waals surface area contributed by atoms with Crippen LogP contribution in [0.4, 0.5) is 5.82 Å². The summed E-state index contributed by atoms with van der Waals surface area (Å²) in [5.41, 5.74) is 0.492. The van der Waals surface area contributed by atoms with E-state index < -0.39 is 0 Å². The first-order valence-corrected chi connectivity index (χ1v) is 9.56. The molecule has 9 nitrogen and oxygen atoms in total. The first-order chi connectivity index (χ1) is 12.7. The quantitative estimate of drug-likeness (QED) is 0.851. The predicted molar refractivity (Wildman–Crippen MR) is 94.5 cm³/mol. The van der Waals surface area contributed by atoms with Crippen molar-refractivity contribution in [1.29, 1.82) is 0 Å². The van der Waals surface area contributed by atoms with Crippen LogP contribution in [0.3, 0.4) is 0 Å². The normalized spacial score (nSPS) is 31.3. The minimum Gasteiger partial charge on any atom is -0.364 e. The number of nitrogens with one attached hydrogen (secondary N) is 1. The van der Waals surface area contributed by atoms with E-state index >= 15 is 0 Å². The second-order valence-corrected chi connectivity index (χ2v) is 7.89. The van der Waals surface area contributed by atoms with Crippen LogP contribution in [0.1, 0.15) is 32.1 Å². The van der Waals surface area contributed by atoms with E-state index in [0.29, 0.717) is 11.6 Å². The number of piperidine rings is 2. The Bertz CT molecular complexity index is 810. The summed E-state index contributed by atoms with van der Waals surface area (Å²) in [6.07, 6.45) is 5.35. The molecule has 26 heavy (non-hydrogen) atoms. The van der Waals surface area contributed by atoms with Crippen LogP contribution < -0.4 is 5.32 Å². The monoisotopic (exact) mass is 356 g/mol. The molecule has 1 atom stereocenters. The Balaban J connectivity index is 1.25. The summed E-state index contributed by atoms with van der Waals surface area (Å²) in [4.78, 5) is 17.8. The van der Waals surface area contributed by atoms with Crippen molar-refractivity contribution < 1.29 is 4.79 Å². The topological polar surface area (TPSA) is 91.5 Å². The number of rotatable bonds is 3. The standard InChI is InChI=1S/C17H24N8O/c26-16(17-6-1-8-23(12-17)9-2-7-17)24-10-5-13(11-24)18-14-3-4-15-19-21-22-25(15)20-14/h3-4,13H,1-2,5-12H2,(H,18,20). The van der Waals surface area contributed by atoms with Gasteiger partial charge in [0, 0.05) is 25.7 Å². The van der Waals surface area contributed by atoms with E-state index in [2.05, 4.69) is 35.7 Å². The number of hydrogen-bond donors (Lipinski definition) is 1. The van der Waals surface area contributed by atoms with Crippen molar-refractivity contribution in [3.63, 3.8) is 0 Å². The van der Waals surface area contributed by atoms with Gasteiger partial charge < -0.3 is 15.1 Å². The van der Waals surface area contributed by atoms with Crippen LogP contribution in [0.15, 0.2) is 12.1 Å². The molecule has 3 saturated heterocycles. The molecule has 1 N–H and O–H groups in total. The van der Waals surface area contributed by atoms with Gasteiger partial charge in [0.25, 0.3) is 0 Å². The SMILES string of the molecule is O=C(N1CCC(Nc2ccc3nnnn3n2)C1)C12CCCN(CCC1)C2. The third-order valence-electron chi connectivity index (χ3n) is 6.14. The van der Waals surface area contributed by atoms with Gasteiger partial charge in [0.15, 0.2) is 5.65 Å². The van der Waals surface area contributed by atoms with Crippen molar-refractivity contribution in [2.24, 2.45) is 5.41 Å². The fourth-order valence-corrected chi connectivity index (χ4v) is 4.88. The maximum absolute atomic E-state index is 13.3. The second kappa shape index (κ2) is 6.15. The molecule has 2 aromatic heterocycles. The molecule has 3 fully saturated rings. The Hall–Kier alpha value is -2.29. The maximum atomic E-state index is 13.3. The minimum absolute atomic E-state index is 0.130. The third kappa shape index (κ3) is 2.70. The molecule has 9 heteroatoms. The van der Waals surface area contributed by atoms with Crippen LogP contribution in [0, 0.1) is 5.41 Å². The molecule has 138 valence electrons. The number of likely N-dealkylation sites (tertiary alicyclic amines) is 1. The number of tetrazole rings is 1. The highest BCUT2D eigenvalue weighted by atomic mass is 16.2. The number of anilines is 1. The Labute approximate surface area is 151 Å². The van der Waals surface area contributed by atoms with E-state index in [1.54, 1.807) is 0 Å². The van der Waals surface area contributed by atoms with E-state index in [0.717, 1.165) is 70.6 Å².